The molecule has 1 heterocycles. The van der Waals surface area contributed by atoms with Crippen molar-refractivity contribution in [3.63, 3.8) is 0 Å². The Bertz CT molecular complexity index is 1410. The highest BCUT2D eigenvalue weighted by Crippen LogP contribution is 2.43. The minimum atomic E-state index is -4.56. The Morgan fingerprint density at radius 1 is 1.26 bits per heavy atom. The molecule has 0 aliphatic heterocycles. The largest absolute Gasteiger partial charge is 0.434 e. The monoisotopic (exact) mass is 659 g/mol. The van der Waals surface area contributed by atoms with E-state index < -0.39 is 57.0 Å². The molecule has 1 fully saturated rings. The van der Waals surface area contributed by atoms with Crippen LogP contribution < -0.4 is 10.1 Å². The number of nitrogens with zero attached hydrogens (tertiary/aromatic N) is 2. The van der Waals surface area contributed by atoms with Gasteiger partial charge in [0.05, 0.1) is 40.1 Å². The zero-order valence-electron chi connectivity index (χ0n) is 24.1. The lowest BCUT2D eigenvalue weighted by molar-refractivity contribution is -0.211. The Morgan fingerprint density at radius 2 is 1.88 bits per heavy atom. The standard InChI is InChI=1S/C27H35ClF5N3O6S/c1-25(2,27(31,32)33)14-16-5-6-18(19(13-16)42-24(29)30)22-20(28)21(35-36(22)11-12-41-3)23(37)34-15-26(38)9-7-17(8-10-26)43(4,39)40/h5-6,13,17,24,38H,7-12,14-15H2,1-4H3,(H,34,37)/t17-,26+. The lowest BCUT2D eigenvalue weighted by Gasteiger charge is -2.35. The zero-order valence-corrected chi connectivity index (χ0v) is 25.7. The number of carbonyl (C=O) groups excluding carboxylic acids is 1. The van der Waals surface area contributed by atoms with Crippen LogP contribution in [-0.2, 0) is 27.5 Å². The van der Waals surface area contributed by atoms with Crippen molar-refractivity contribution < 1.29 is 49.7 Å². The molecular weight excluding hydrogens is 625 g/mol. The molecule has 3 rings (SSSR count). The Balaban J connectivity index is 1.94. The van der Waals surface area contributed by atoms with Gasteiger partial charge in [0, 0.05) is 25.5 Å². The second-order valence-electron chi connectivity index (χ2n) is 11.4. The number of aromatic nitrogens is 2. The summed E-state index contributed by atoms with van der Waals surface area (Å²) in [7, 11) is -1.86. The van der Waals surface area contributed by atoms with Crippen LogP contribution in [0.4, 0.5) is 22.0 Å². The van der Waals surface area contributed by atoms with E-state index in [0.29, 0.717) is 0 Å². The van der Waals surface area contributed by atoms with Gasteiger partial charge in [0.2, 0.25) is 0 Å². The summed E-state index contributed by atoms with van der Waals surface area (Å²) >= 11 is 6.57. The summed E-state index contributed by atoms with van der Waals surface area (Å²) in [5.41, 5.74) is -3.78. The van der Waals surface area contributed by atoms with Gasteiger partial charge in [-0.25, -0.2) is 8.42 Å². The summed E-state index contributed by atoms with van der Waals surface area (Å²) < 4.78 is 102. The summed E-state index contributed by atoms with van der Waals surface area (Å²) in [4.78, 5) is 13.1. The van der Waals surface area contributed by atoms with Crippen molar-refractivity contribution in [3.05, 3.63) is 34.5 Å². The molecule has 1 aromatic carbocycles. The van der Waals surface area contributed by atoms with Gasteiger partial charge in [-0.05, 0) is 49.8 Å². The summed E-state index contributed by atoms with van der Waals surface area (Å²) in [6.45, 7) is -1.46. The van der Waals surface area contributed by atoms with E-state index in [9.17, 15) is 40.3 Å². The predicted octanol–water partition coefficient (Wildman–Crippen LogP) is 5.03. The van der Waals surface area contributed by atoms with Gasteiger partial charge in [0.25, 0.3) is 5.91 Å². The molecule has 43 heavy (non-hydrogen) atoms. The number of sulfone groups is 1. The Labute approximate surface area is 251 Å². The van der Waals surface area contributed by atoms with Gasteiger partial charge in [-0.15, -0.1) is 0 Å². The maximum Gasteiger partial charge on any atom is 0.394 e. The number of methoxy groups -OCH3 is 1. The van der Waals surface area contributed by atoms with E-state index in [1.807, 2.05) is 0 Å². The zero-order chi connectivity index (χ0) is 32.4. The van der Waals surface area contributed by atoms with E-state index in [1.165, 1.54) is 23.9 Å². The Morgan fingerprint density at radius 3 is 2.42 bits per heavy atom. The number of carbonyl (C=O) groups is 1. The number of aliphatic hydroxyl groups is 1. The summed E-state index contributed by atoms with van der Waals surface area (Å²) in [6.07, 6.45) is -3.21. The lowest BCUT2D eigenvalue weighted by atomic mass is 9.84. The number of ether oxygens (including phenoxy) is 2. The van der Waals surface area contributed by atoms with Crippen molar-refractivity contribution in [1.82, 2.24) is 15.1 Å². The van der Waals surface area contributed by atoms with E-state index in [2.05, 4.69) is 15.2 Å². The first-order valence-electron chi connectivity index (χ1n) is 13.4. The molecule has 16 heteroatoms. The molecule has 1 aliphatic rings. The molecule has 0 saturated heterocycles. The van der Waals surface area contributed by atoms with E-state index in [-0.39, 0.29) is 72.9 Å². The second kappa shape index (κ2) is 13.2. The van der Waals surface area contributed by atoms with Crippen LogP contribution >= 0.6 is 11.6 Å². The molecule has 2 aromatic rings. The van der Waals surface area contributed by atoms with Crippen molar-refractivity contribution in [1.29, 1.82) is 0 Å². The smallest absolute Gasteiger partial charge is 0.394 e. The molecule has 1 aliphatic carbocycles. The molecule has 0 spiro atoms. The molecule has 1 saturated carbocycles. The Hall–Kier alpha value is -2.49. The normalized spacial score (nSPS) is 20.0. The molecule has 2 N–H and O–H groups in total. The molecular formula is C27H35ClF5N3O6S. The average Bonchev–Trinajstić information content (AvgIpc) is 3.20. The first kappa shape index (κ1) is 35.0. The number of benzene rings is 1. The van der Waals surface area contributed by atoms with Crippen LogP contribution in [0.5, 0.6) is 5.75 Å². The molecule has 242 valence electrons. The fraction of sp³-hybridized carbons (Fsp3) is 0.630. The van der Waals surface area contributed by atoms with Gasteiger partial charge in [0.1, 0.15) is 15.6 Å². The van der Waals surface area contributed by atoms with Crippen LogP contribution in [0.3, 0.4) is 0 Å². The van der Waals surface area contributed by atoms with Crippen molar-refractivity contribution in [2.75, 3.05) is 26.5 Å². The van der Waals surface area contributed by atoms with Crippen molar-refractivity contribution in [3.8, 4) is 17.0 Å². The van der Waals surface area contributed by atoms with Gasteiger partial charge in [0.15, 0.2) is 5.69 Å². The predicted molar refractivity (Wildman–Crippen MR) is 149 cm³/mol. The van der Waals surface area contributed by atoms with Gasteiger partial charge in [-0.1, -0.05) is 31.5 Å². The van der Waals surface area contributed by atoms with Gasteiger partial charge in [-0.2, -0.15) is 27.1 Å². The fourth-order valence-electron chi connectivity index (χ4n) is 4.92. The maximum absolute atomic E-state index is 13.5. The number of alkyl halides is 5. The third-order valence-corrected chi connectivity index (χ3v) is 9.63. The van der Waals surface area contributed by atoms with E-state index in [4.69, 9.17) is 16.3 Å². The van der Waals surface area contributed by atoms with Crippen molar-refractivity contribution >= 4 is 27.3 Å². The summed E-state index contributed by atoms with van der Waals surface area (Å²) in [5, 5.41) is 16.9. The van der Waals surface area contributed by atoms with Crippen LogP contribution in [0.15, 0.2) is 18.2 Å². The topological polar surface area (TPSA) is 120 Å². The number of hydrogen-bond donors (Lipinski definition) is 2. The molecule has 9 nitrogen and oxygen atoms in total. The molecule has 1 amide bonds. The van der Waals surface area contributed by atoms with E-state index in [1.54, 1.807) is 0 Å². The number of amides is 1. The molecule has 0 bridgehead atoms. The number of rotatable bonds is 12. The highest BCUT2D eigenvalue weighted by atomic mass is 35.5. The number of halogens is 6. The minimum Gasteiger partial charge on any atom is -0.434 e. The fourth-order valence-corrected chi connectivity index (χ4v) is 6.34. The van der Waals surface area contributed by atoms with Crippen LogP contribution in [0, 0.1) is 5.41 Å². The number of hydrogen-bond acceptors (Lipinski definition) is 7. The molecule has 1 aromatic heterocycles. The molecule has 0 atom stereocenters. The van der Waals surface area contributed by atoms with Gasteiger partial charge in [-0.3, -0.25) is 9.48 Å². The summed E-state index contributed by atoms with van der Waals surface area (Å²) in [5.74, 6) is -1.25. The highest BCUT2D eigenvalue weighted by Gasteiger charge is 2.47. The molecule has 0 radical (unpaired) electrons. The van der Waals surface area contributed by atoms with Crippen LogP contribution in [-0.4, -0.2) is 79.4 Å². The van der Waals surface area contributed by atoms with Crippen LogP contribution in [0.25, 0.3) is 11.3 Å². The van der Waals surface area contributed by atoms with Crippen molar-refractivity contribution in [2.45, 2.75) is 76.1 Å². The van der Waals surface area contributed by atoms with E-state index >= 15 is 0 Å². The highest BCUT2D eigenvalue weighted by molar-refractivity contribution is 7.91. The van der Waals surface area contributed by atoms with Crippen molar-refractivity contribution in [2.24, 2.45) is 5.41 Å². The first-order valence-corrected chi connectivity index (χ1v) is 15.7. The van der Waals surface area contributed by atoms with Gasteiger partial charge < -0.3 is 19.9 Å². The summed E-state index contributed by atoms with van der Waals surface area (Å²) in [6, 6.07) is 3.67. The first-order chi connectivity index (χ1) is 19.8. The third-order valence-electron chi connectivity index (χ3n) is 7.59. The average molecular weight is 660 g/mol. The SMILES string of the molecule is COCCn1nc(C(=O)NC[C@]2(O)CC[C@@H](S(C)(=O)=O)CC2)c(Cl)c1-c1ccc(CC(C)(C)C(F)(F)F)cc1OC(F)F. The lowest BCUT2D eigenvalue weighted by Crippen LogP contribution is -2.47. The van der Waals surface area contributed by atoms with Crippen LogP contribution in [0.2, 0.25) is 5.02 Å². The Kier molecular flexibility index (Phi) is 10.8. The quantitative estimate of drug-likeness (QED) is 0.307. The maximum atomic E-state index is 13.5. The minimum absolute atomic E-state index is 0.00600. The molecule has 0 unspecified atom stereocenters. The van der Waals surface area contributed by atoms with Crippen LogP contribution in [0.1, 0.15) is 55.6 Å². The number of nitrogens with one attached hydrogen (secondary N) is 1. The van der Waals surface area contributed by atoms with Gasteiger partial charge >= 0.3 is 12.8 Å². The third kappa shape index (κ3) is 8.58. The second-order valence-corrected chi connectivity index (χ2v) is 14.1. The van der Waals surface area contributed by atoms with E-state index in [0.717, 1.165) is 26.2 Å².